The molecule has 22 heavy (non-hydrogen) atoms. The summed E-state index contributed by atoms with van der Waals surface area (Å²) in [4.78, 5) is 31.0. The molecule has 0 heterocycles. The largest absolute Gasteiger partial charge is 0.299 e. The molecular weight excluding hydrogens is 284 g/mol. The van der Waals surface area contributed by atoms with Crippen molar-refractivity contribution in [3.63, 3.8) is 0 Å². The fraction of sp³-hybridized carbons (Fsp3) is 0.267. The van der Waals surface area contributed by atoms with E-state index >= 15 is 0 Å². The average Bonchev–Trinajstić information content (AvgIpc) is 2.57. The zero-order valence-corrected chi connectivity index (χ0v) is 12.3. The van der Waals surface area contributed by atoms with E-state index in [1.54, 1.807) is 6.08 Å². The van der Waals surface area contributed by atoms with Crippen molar-refractivity contribution >= 4 is 24.2 Å². The highest BCUT2D eigenvalue weighted by molar-refractivity contribution is 5.76. The summed E-state index contributed by atoms with van der Waals surface area (Å²) in [6.07, 6.45) is 5.98. The maximum Gasteiger partial charge on any atom is 0.233 e. The number of benzene rings is 1. The second-order valence-corrected chi connectivity index (χ2v) is 4.25. The van der Waals surface area contributed by atoms with Crippen LogP contribution in [0.3, 0.4) is 0 Å². The number of allylic oxidation sites excluding steroid dienone is 1. The van der Waals surface area contributed by atoms with Crippen molar-refractivity contribution in [3.05, 3.63) is 42.0 Å². The lowest BCUT2D eigenvalue weighted by Crippen LogP contribution is -2.30. The van der Waals surface area contributed by atoms with Gasteiger partial charge in [-0.15, -0.1) is 0 Å². The minimum atomic E-state index is -0.219. The molecule has 0 bridgehead atoms. The Kier molecular flexibility index (Phi) is 11.9. The predicted molar refractivity (Wildman–Crippen MR) is 84.7 cm³/mol. The van der Waals surface area contributed by atoms with E-state index in [9.17, 15) is 14.4 Å². The topological polar surface area (TPSA) is 127 Å². The Morgan fingerprint density at radius 3 is 1.86 bits per heavy atom. The van der Waals surface area contributed by atoms with Gasteiger partial charge in [0.2, 0.25) is 11.8 Å². The van der Waals surface area contributed by atoms with Crippen LogP contribution in [-0.2, 0) is 14.4 Å². The molecule has 0 aliphatic rings. The van der Waals surface area contributed by atoms with Gasteiger partial charge in [0.1, 0.15) is 6.29 Å². The first-order valence-electron chi connectivity index (χ1n) is 6.79. The van der Waals surface area contributed by atoms with Gasteiger partial charge in [0.15, 0.2) is 0 Å². The number of aldehydes is 1. The number of nitrogens with two attached hydrogens (primary N) is 2. The molecular formula is C15H22N4O3. The number of hydrazine groups is 2. The van der Waals surface area contributed by atoms with Crippen LogP contribution in [0, 0.1) is 0 Å². The molecule has 0 unspecified atom stereocenters. The van der Waals surface area contributed by atoms with E-state index in [0.717, 1.165) is 11.8 Å². The summed E-state index contributed by atoms with van der Waals surface area (Å²) >= 11 is 0. The van der Waals surface area contributed by atoms with Crippen LogP contribution in [0.1, 0.15) is 31.2 Å². The summed E-state index contributed by atoms with van der Waals surface area (Å²) < 4.78 is 0. The number of unbranched alkanes of at least 4 members (excludes halogenated alkanes) is 1. The van der Waals surface area contributed by atoms with Gasteiger partial charge in [-0.3, -0.25) is 25.2 Å². The summed E-state index contributed by atoms with van der Waals surface area (Å²) in [7, 11) is 0. The molecule has 0 atom stereocenters. The van der Waals surface area contributed by atoms with Crippen molar-refractivity contribution in [1.29, 1.82) is 0 Å². The summed E-state index contributed by atoms with van der Waals surface area (Å²) in [5.41, 5.74) is 5.06. The van der Waals surface area contributed by atoms with Gasteiger partial charge in [0.25, 0.3) is 0 Å². The average molecular weight is 306 g/mol. The number of rotatable bonds is 7. The highest BCUT2D eigenvalue weighted by atomic mass is 16.2. The Morgan fingerprint density at radius 1 is 0.955 bits per heavy atom. The molecule has 0 fully saturated rings. The first kappa shape index (κ1) is 19.5. The van der Waals surface area contributed by atoms with E-state index in [4.69, 9.17) is 11.7 Å². The second kappa shape index (κ2) is 13.5. The summed E-state index contributed by atoms with van der Waals surface area (Å²) in [6, 6.07) is 9.70. The maximum absolute atomic E-state index is 10.6. The van der Waals surface area contributed by atoms with Crippen molar-refractivity contribution in [2.24, 2.45) is 11.7 Å². The second-order valence-electron chi connectivity index (χ2n) is 4.25. The molecule has 1 rings (SSSR count). The van der Waals surface area contributed by atoms with Crippen LogP contribution in [-0.4, -0.2) is 18.1 Å². The third-order valence-electron chi connectivity index (χ3n) is 2.55. The van der Waals surface area contributed by atoms with Crippen LogP contribution in [0.5, 0.6) is 0 Å². The molecule has 0 saturated heterocycles. The van der Waals surface area contributed by atoms with E-state index < -0.39 is 0 Å². The summed E-state index contributed by atoms with van der Waals surface area (Å²) in [5, 5.41) is 0. The number of amides is 2. The van der Waals surface area contributed by atoms with Crippen LogP contribution in [0.4, 0.5) is 0 Å². The fourth-order valence-electron chi connectivity index (χ4n) is 1.43. The molecule has 6 N–H and O–H groups in total. The Bertz CT molecular complexity index is 457. The van der Waals surface area contributed by atoms with Gasteiger partial charge in [0.05, 0.1) is 0 Å². The number of carbonyl (C=O) groups is 3. The van der Waals surface area contributed by atoms with E-state index in [-0.39, 0.29) is 11.8 Å². The molecule has 0 aliphatic carbocycles. The van der Waals surface area contributed by atoms with Gasteiger partial charge < -0.3 is 0 Å². The predicted octanol–water partition coefficient (Wildman–Crippen LogP) is 0.425. The highest BCUT2D eigenvalue weighted by Crippen LogP contribution is 1.99. The van der Waals surface area contributed by atoms with Gasteiger partial charge in [-0.2, -0.15) is 0 Å². The molecule has 1 aromatic carbocycles. The minimum absolute atomic E-state index is 0.219. The number of nitrogens with one attached hydrogen (secondary N) is 2. The zero-order chi connectivity index (χ0) is 16.6. The monoisotopic (exact) mass is 306 g/mol. The van der Waals surface area contributed by atoms with Crippen LogP contribution in [0.2, 0.25) is 0 Å². The van der Waals surface area contributed by atoms with E-state index in [2.05, 4.69) is 0 Å². The quantitative estimate of drug-likeness (QED) is 0.145. The Labute approximate surface area is 129 Å². The van der Waals surface area contributed by atoms with Crippen LogP contribution < -0.4 is 22.5 Å². The first-order valence-corrected chi connectivity index (χ1v) is 6.79. The SMILES string of the molecule is NNC(=O)CCCCC(=O)NN.O=CC=Cc1ccccc1. The van der Waals surface area contributed by atoms with Crippen molar-refractivity contribution in [2.45, 2.75) is 25.7 Å². The zero-order valence-electron chi connectivity index (χ0n) is 12.3. The normalized spacial score (nSPS) is 9.55. The fourth-order valence-corrected chi connectivity index (χ4v) is 1.43. The molecule has 0 aliphatic heterocycles. The number of hydrogen-bond acceptors (Lipinski definition) is 5. The van der Waals surface area contributed by atoms with Gasteiger partial charge >= 0.3 is 0 Å². The molecule has 2 amide bonds. The molecule has 0 radical (unpaired) electrons. The summed E-state index contributed by atoms with van der Waals surface area (Å²) in [6.45, 7) is 0. The van der Waals surface area contributed by atoms with Gasteiger partial charge in [-0.1, -0.05) is 36.4 Å². The molecule has 120 valence electrons. The highest BCUT2D eigenvalue weighted by Gasteiger charge is 2.00. The molecule has 0 spiro atoms. The minimum Gasteiger partial charge on any atom is -0.299 e. The number of carbonyl (C=O) groups excluding carboxylic acids is 3. The Balaban J connectivity index is 0.000000406. The van der Waals surface area contributed by atoms with Crippen molar-refractivity contribution in [1.82, 2.24) is 10.9 Å². The Hall–Kier alpha value is -2.51. The van der Waals surface area contributed by atoms with Crippen molar-refractivity contribution < 1.29 is 14.4 Å². The van der Waals surface area contributed by atoms with Crippen LogP contribution >= 0.6 is 0 Å². The molecule has 7 nitrogen and oxygen atoms in total. The molecule has 0 saturated carbocycles. The number of hydrogen-bond donors (Lipinski definition) is 4. The lowest BCUT2D eigenvalue weighted by molar-refractivity contribution is -0.123. The third kappa shape index (κ3) is 11.3. The van der Waals surface area contributed by atoms with E-state index in [1.807, 2.05) is 41.2 Å². The standard InChI is InChI=1S/C9H8O.C6H14N4O2/c10-8-4-7-9-5-2-1-3-6-9;7-9-5(11)3-1-2-4-6(12)10-8/h1-8H;1-4,7-8H2,(H,9,11)(H,10,12). The van der Waals surface area contributed by atoms with E-state index in [0.29, 0.717) is 25.7 Å². The first-order chi connectivity index (χ1) is 10.6. The van der Waals surface area contributed by atoms with Gasteiger partial charge in [0, 0.05) is 12.8 Å². The molecule has 0 aromatic heterocycles. The van der Waals surface area contributed by atoms with E-state index in [1.165, 1.54) is 6.08 Å². The summed E-state index contributed by atoms with van der Waals surface area (Å²) in [5.74, 6) is 9.24. The Morgan fingerprint density at radius 2 is 1.45 bits per heavy atom. The van der Waals surface area contributed by atoms with Crippen molar-refractivity contribution in [2.75, 3.05) is 0 Å². The maximum atomic E-state index is 10.6. The van der Waals surface area contributed by atoms with Crippen molar-refractivity contribution in [3.8, 4) is 0 Å². The lowest BCUT2D eigenvalue weighted by atomic mass is 10.2. The van der Waals surface area contributed by atoms with Gasteiger partial charge in [-0.25, -0.2) is 11.7 Å². The van der Waals surface area contributed by atoms with Crippen LogP contribution in [0.25, 0.3) is 6.08 Å². The molecule has 7 heteroatoms. The third-order valence-corrected chi connectivity index (χ3v) is 2.55. The van der Waals surface area contributed by atoms with Gasteiger partial charge in [-0.05, 0) is 24.5 Å². The smallest absolute Gasteiger partial charge is 0.233 e. The lowest BCUT2D eigenvalue weighted by Gasteiger charge is -1.99. The molecule has 1 aromatic rings. The van der Waals surface area contributed by atoms with Crippen LogP contribution in [0.15, 0.2) is 36.4 Å².